The Balaban J connectivity index is 1.26. The van der Waals surface area contributed by atoms with Gasteiger partial charge in [-0.1, -0.05) is 5.16 Å². The number of aromatic nitrogens is 4. The van der Waals surface area contributed by atoms with Crippen LogP contribution in [0.15, 0.2) is 29.0 Å². The largest absolute Gasteiger partial charge is 0.454 e. The number of amides is 1. The topological polar surface area (TPSA) is 127 Å². The molecule has 10 heteroatoms. The van der Waals surface area contributed by atoms with E-state index in [1.807, 2.05) is 6.07 Å². The average molecular weight is 368 g/mol. The molecule has 5 rings (SSSR count). The van der Waals surface area contributed by atoms with Crippen molar-refractivity contribution in [2.45, 2.75) is 19.0 Å². The summed E-state index contributed by atoms with van der Waals surface area (Å²) in [7, 11) is 0. The van der Waals surface area contributed by atoms with Crippen LogP contribution < -0.4 is 20.1 Å². The maximum atomic E-state index is 12.5. The summed E-state index contributed by atoms with van der Waals surface area (Å²) < 4.78 is 15.9. The van der Waals surface area contributed by atoms with E-state index >= 15 is 0 Å². The highest BCUT2D eigenvalue weighted by Crippen LogP contribution is 2.35. The van der Waals surface area contributed by atoms with Gasteiger partial charge in [0, 0.05) is 24.2 Å². The first-order valence-corrected chi connectivity index (χ1v) is 8.54. The van der Waals surface area contributed by atoms with Crippen LogP contribution in [0, 0.1) is 0 Å². The molecule has 0 radical (unpaired) electrons. The minimum absolute atomic E-state index is 0.158. The number of hydrogen-bond donors (Lipinski definition) is 3. The number of ether oxygens (including phenoxy) is 2. The van der Waals surface area contributed by atoms with E-state index < -0.39 is 6.04 Å². The fraction of sp³-hybridized carbons (Fsp3) is 0.294. The normalized spacial score (nSPS) is 17.6. The van der Waals surface area contributed by atoms with Crippen LogP contribution in [0.25, 0.3) is 11.5 Å². The molecule has 1 unspecified atom stereocenters. The van der Waals surface area contributed by atoms with Gasteiger partial charge in [0.25, 0.3) is 5.89 Å². The van der Waals surface area contributed by atoms with Crippen molar-refractivity contribution in [1.82, 2.24) is 30.7 Å². The zero-order valence-electron chi connectivity index (χ0n) is 14.2. The Kier molecular flexibility index (Phi) is 3.75. The van der Waals surface area contributed by atoms with Gasteiger partial charge >= 0.3 is 0 Å². The molecule has 2 aliphatic heterocycles. The van der Waals surface area contributed by atoms with Gasteiger partial charge in [-0.3, -0.25) is 4.79 Å². The minimum atomic E-state index is -0.486. The van der Waals surface area contributed by atoms with E-state index in [1.54, 1.807) is 18.5 Å². The van der Waals surface area contributed by atoms with E-state index in [0.717, 1.165) is 23.4 Å². The van der Waals surface area contributed by atoms with Crippen molar-refractivity contribution in [3.63, 3.8) is 0 Å². The van der Waals surface area contributed by atoms with Crippen LogP contribution in [0.4, 0.5) is 0 Å². The fourth-order valence-corrected chi connectivity index (χ4v) is 3.18. The second kappa shape index (κ2) is 6.40. The highest BCUT2D eigenvalue weighted by molar-refractivity contribution is 5.83. The highest BCUT2D eigenvalue weighted by atomic mass is 16.7. The molecule has 27 heavy (non-hydrogen) atoms. The third-order valence-corrected chi connectivity index (χ3v) is 4.52. The molecule has 4 heterocycles. The first kappa shape index (κ1) is 15.8. The van der Waals surface area contributed by atoms with Crippen molar-refractivity contribution in [3.05, 3.63) is 41.7 Å². The smallest absolute Gasteiger partial charge is 0.258 e. The number of nitrogens with one attached hydrogen (secondary N) is 3. The van der Waals surface area contributed by atoms with Crippen molar-refractivity contribution >= 4 is 5.91 Å². The molecule has 0 aliphatic carbocycles. The maximum Gasteiger partial charge on any atom is 0.258 e. The van der Waals surface area contributed by atoms with E-state index in [4.69, 9.17) is 14.0 Å². The van der Waals surface area contributed by atoms with Gasteiger partial charge in [0.2, 0.25) is 12.7 Å². The second-order valence-corrected chi connectivity index (χ2v) is 6.21. The molecule has 1 aromatic carbocycles. The molecule has 3 aromatic rings. The van der Waals surface area contributed by atoms with Gasteiger partial charge in [-0.25, -0.2) is 4.98 Å². The highest BCUT2D eigenvalue weighted by Gasteiger charge is 2.28. The van der Waals surface area contributed by atoms with Crippen molar-refractivity contribution in [2.24, 2.45) is 0 Å². The number of carbonyl (C=O) groups is 1. The standard InChI is InChI=1S/C17H16N6O4/c24-16(15-14-10(3-4-18-15)20-7-21-14)19-6-13-22-17(27-23-13)9-1-2-11-12(5-9)26-8-25-11/h1-2,5,7,15,18H,3-4,6,8H2,(H,19,24)(H,20,21). The SMILES string of the molecule is O=C(NCc1noc(-c2ccc3c(c2)OCO3)n1)C1NCCc2[nH]cnc21. The van der Waals surface area contributed by atoms with Crippen LogP contribution >= 0.6 is 0 Å². The van der Waals surface area contributed by atoms with E-state index in [9.17, 15) is 4.79 Å². The number of aromatic amines is 1. The number of nitrogens with zero attached hydrogens (tertiary/aromatic N) is 3. The maximum absolute atomic E-state index is 12.5. The monoisotopic (exact) mass is 368 g/mol. The van der Waals surface area contributed by atoms with E-state index in [2.05, 4.69) is 30.7 Å². The van der Waals surface area contributed by atoms with Gasteiger partial charge < -0.3 is 29.6 Å². The third-order valence-electron chi connectivity index (χ3n) is 4.52. The summed E-state index contributed by atoms with van der Waals surface area (Å²) in [4.78, 5) is 24.1. The van der Waals surface area contributed by atoms with Gasteiger partial charge in [-0.05, 0) is 18.2 Å². The van der Waals surface area contributed by atoms with Crippen LogP contribution in [0.3, 0.4) is 0 Å². The second-order valence-electron chi connectivity index (χ2n) is 6.21. The first-order chi connectivity index (χ1) is 13.3. The van der Waals surface area contributed by atoms with Crippen LogP contribution in [0.2, 0.25) is 0 Å². The Bertz CT molecular complexity index is 997. The zero-order chi connectivity index (χ0) is 18.2. The molecule has 0 spiro atoms. The Hall–Kier alpha value is -3.40. The molecular weight excluding hydrogens is 352 g/mol. The molecule has 0 fully saturated rings. The molecule has 0 bridgehead atoms. The lowest BCUT2D eigenvalue weighted by Crippen LogP contribution is -2.41. The molecule has 1 amide bonds. The molecule has 3 N–H and O–H groups in total. The Labute approximate surface area is 153 Å². The van der Waals surface area contributed by atoms with Crippen LogP contribution in [-0.4, -0.2) is 39.4 Å². The summed E-state index contributed by atoms with van der Waals surface area (Å²) in [6.07, 6.45) is 2.43. The number of hydrogen-bond acceptors (Lipinski definition) is 8. The lowest BCUT2D eigenvalue weighted by molar-refractivity contribution is -0.123. The average Bonchev–Trinajstić information content (AvgIpc) is 3.45. The van der Waals surface area contributed by atoms with Gasteiger partial charge in [0.15, 0.2) is 17.3 Å². The van der Waals surface area contributed by atoms with Gasteiger partial charge in [-0.15, -0.1) is 0 Å². The summed E-state index contributed by atoms with van der Waals surface area (Å²) in [5, 5.41) is 9.91. The van der Waals surface area contributed by atoms with Crippen molar-refractivity contribution < 1.29 is 18.8 Å². The predicted molar refractivity (Wildman–Crippen MR) is 90.7 cm³/mol. The lowest BCUT2D eigenvalue weighted by atomic mass is 10.1. The van der Waals surface area contributed by atoms with E-state index in [1.165, 1.54) is 0 Å². The van der Waals surface area contributed by atoms with Crippen molar-refractivity contribution in [2.75, 3.05) is 13.3 Å². The fourth-order valence-electron chi connectivity index (χ4n) is 3.18. The van der Waals surface area contributed by atoms with Crippen molar-refractivity contribution in [3.8, 4) is 23.0 Å². The minimum Gasteiger partial charge on any atom is -0.454 e. The number of fused-ring (bicyclic) bond motifs is 2. The van der Waals surface area contributed by atoms with Crippen LogP contribution in [0.1, 0.15) is 23.3 Å². The summed E-state index contributed by atoms with van der Waals surface area (Å²) >= 11 is 0. The summed E-state index contributed by atoms with van der Waals surface area (Å²) in [5.41, 5.74) is 2.44. The Morgan fingerprint density at radius 2 is 2.22 bits per heavy atom. The third kappa shape index (κ3) is 2.89. The van der Waals surface area contributed by atoms with E-state index in [0.29, 0.717) is 29.8 Å². The quantitative estimate of drug-likeness (QED) is 0.614. The molecule has 0 saturated carbocycles. The number of rotatable bonds is 4. The van der Waals surface area contributed by atoms with E-state index in [-0.39, 0.29) is 19.2 Å². The molecule has 0 saturated heterocycles. The summed E-state index contributed by atoms with van der Waals surface area (Å²) in [6.45, 7) is 1.07. The molecular formula is C17H16N6O4. The van der Waals surface area contributed by atoms with Crippen LogP contribution in [-0.2, 0) is 17.8 Å². The first-order valence-electron chi connectivity index (χ1n) is 8.54. The van der Waals surface area contributed by atoms with Crippen molar-refractivity contribution in [1.29, 1.82) is 0 Å². The number of benzene rings is 1. The number of imidazole rings is 1. The molecule has 10 nitrogen and oxygen atoms in total. The van der Waals surface area contributed by atoms with Gasteiger partial charge in [0.1, 0.15) is 6.04 Å². The Morgan fingerprint density at radius 3 is 3.19 bits per heavy atom. The predicted octanol–water partition coefficient (Wildman–Crippen LogP) is 0.692. The Morgan fingerprint density at radius 1 is 1.30 bits per heavy atom. The van der Waals surface area contributed by atoms with Gasteiger partial charge in [0.05, 0.1) is 18.6 Å². The molecule has 1 atom stereocenters. The van der Waals surface area contributed by atoms with Gasteiger partial charge in [-0.2, -0.15) is 4.98 Å². The number of H-pyrrole nitrogens is 1. The molecule has 2 aromatic heterocycles. The molecule has 2 aliphatic rings. The lowest BCUT2D eigenvalue weighted by Gasteiger charge is -2.21. The van der Waals surface area contributed by atoms with Crippen LogP contribution in [0.5, 0.6) is 11.5 Å². The zero-order valence-corrected chi connectivity index (χ0v) is 14.2. The summed E-state index contributed by atoms with van der Waals surface area (Å²) in [5.74, 6) is 1.87. The summed E-state index contributed by atoms with van der Waals surface area (Å²) in [6, 6.07) is 4.90. The molecule has 138 valence electrons. The number of carbonyl (C=O) groups excluding carboxylic acids is 1.